The molecule has 140 valence electrons. The highest BCUT2D eigenvalue weighted by atomic mass is 32.2. The van der Waals surface area contributed by atoms with Crippen LogP contribution in [-0.4, -0.2) is 43.4 Å². The fourth-order valence-corrected chi connectivity index (χ4v) is 4.61. The Morgan fingerprint density at radius 1 is 1.08 bits per heavy atom. The van der Waals surface area contributed by atoms with Crippen LogP contribution in [0.25, 0.3) is 0 Å². The van der Waals surface area contributed by atoms with E-state index >= 15 is 0 Å². The maximum absolute atomic E-state index is 12.8. The van der Waals surface area contributed by atoms with E-state index in [-0.39, 0.29) is 17.5 Å². The van der Waals surface area contributed by atoms with Gasteiger partial charge in [0.1, 0.15) is 5.82 Å². The molecule has 1 saturated heterocycles. The number of sulfonamides is 1. The largest absolute Gasteiger partial charge is 0.417 e. The van der Waals surface area contributed by atoms with E-state index in [0.29, 0.717) is 18.9 Å². The third-order valence-electron chi connectivity index (χ3n) is 4.32. The van der Waals surface area contributed by atoms with E-state index in [9.17, 15) is 21.6 Å². The first kappa shape index (κ1) is 18.7. The van der Waals surface area contributed by atoms with Gasteiger partial charge in [0.15, 0.2) is 0 Å². The second-order valence-corrected chi connectivity index (χ2v) is 8.02. The molecule has 1 aromatic heterocycles. The fourth-order valence-electron chi connectivity index (χ4n) is 2.97. The summed E-state index contributed by atoms with van der Waals surface area (Å²) in [5.74, 6) is 0.404. The highest BCUT2D eigenvalue weighted by Gasteiger charge is 2.35. The summed E-state index contributed by atoms with van der Waals surface area (Å²) in [5, 5.41) is 0. The summed E-state index contributed by atoms with van der Waals surface area (Å²) >= 11 is 0. The quantitative estimate of drug-likeness (QED) is 0.815. The maximum Gasteiger partial charge on any atom is 0.417 e. The number of halogens is 3. The zero-order valence-electron chi connectivity index (χ0n) is 14.0. The lowest BCUT2D eigenvalue weighted by molar-refractivity contribution is -0.137. The lowest BCUT2D eigenvalue weighted by Gasteiger charge is -2.39. The Balaban J connectivity index is 1.75. The molecule has 26 heavy (non-hydrogen) atoms. The number of aromatic nitrogens is 1. The van der Waals surface area contributed by atoms with Gasteiger partial charge < -0.3 is 4.90 Å². The number of alkyl halides is 3. The Labute approximate surface area is 150 Å². The molecule has 1 atom stereocenters. The minimum atomic E-state index is -4.43. The Morgan fingerprint density at radius 2 is 1.77 bits per heavy atom. The smallest absolute Gasteiger partial charge is 0.354 e. The van der Waals surface area contributed by atoms with Crippen molar-refractivity contribution in [2.45, 2.75) is 24.0 Å². The molecule has 1 aliphatic heterocycles. The Kier molecular flexibility index (Phi) is 4.94. The Bertz CT molecular complexity index is 855. The molecule has 2 heterocycles. The Hall–Kier alpha value is -2.13. The zero-order chi connectivity index (χ0) is 18.9. The third-order valence-corrected chi connectivity index (χ3v) is 6.34. The van der Waals surface area contributed by atoms with Crippen molar-refractivity contribution in [3.8, 4) is 0 Å². The molecule has 2 aromatic rings. The number of benzene rings is 1. The predicted octanol–water partition coefficient (Wildman–Crippen LogP) is 3.00. The molecular weight excluding hydrogens is 367 g/mol. The van der Waals surface area contributed by atoms with Gasteiger partial charge in [-0.25, -0.2) is 13.4 Å². The van der Waals surface area contributed by atoms with E-state index in [1.807, 2.05) is 0 Å². The highest BCUT2D eigenvalue weighted by Crippen LogP contribution is 2.30. The van der Waals surface area contributed by atoms with Crippen molar-refractivity contribution in [2.24, 2.45) is 0 Å². The molecule has 1 aliphatic rings. The summed E-state index contributed by atoms with van der Waals surface area (Å²) in [6.07, 6.45) is -3.63. The summed E-state index contributed by atoms with van der Waals surface area (Å²) in [4.78, 5) is 5.91. The Morgan fingerprint density at radius 3 is 2.31 bits per heavy atom. The number of anilines is 1. The van der Waals surface area contributed by atoms with Gasteiger partial charge in [0, 0.05) is 31.9 Å². The number of piperazine rings is 1. The van der Waals surface area contributed by atoms with Crippen LogP contribution in [0.4, 0.5) is 19.0 Å². The van der Waals surface area contributed by atoms with E-state index < -0.39 is 21.8 Å². The van der Waals surface area contributed by atoms with Crippen LogP contribution in [0.3, 0.4) is 0 Å². The van der Waals surface area contributed by atoms with Crippen molar-refractivity contribution >= 4 is 15.8 Å². The molecule has 1 aromatic carbocycles. The summed E-state index contributed by atoms with van der Waals surface area (Å²) in [6.45, 7) is 2.72. The normalized spacial score (nSPS) is 19.5. The standard InChI is InChI=1S/C17H18F3N3O2S/c1-13-12-22(16-8-7-14(11-21-16)17(18,19)20)9-10-23(13)26(24,25)15-5-3-2-4-6-15/h2-8,11,13H,9-10,12H2,1H3. The van der Waals surface area contributed by atoms with E-state index in [0.717, 1.165) is 12.3 Å². The summed E-state index contributed by atoms with van der Waals surface area (Å²) < 4.78 is 64.9. The van der Waals surface area contributed by atoms with Crippen LogP contribution in [0.2, 0.25) is 0 Å². The van der Waals surface area contributed by atoms with Crippen molar-refractivity contribution in [1.82, 2.24) is 9.29 Å². The molecule has 0 N–H and O–H groups in total. The minimum Gasteiger partial charge on any atom is -0.354 e. The molecular formula is C17H18F3N3O2S. The van der Waals surface area contributed by atoms with Crippen LogP contribution in [0.1, 0.15) is 12.5 Å². The molecule has 0 amide bonds. The third kappa shape index (κ3) is 3.68. The van der Waals surface area contributed by atoms with E-state index in [2.05, 4.69) is 4.98 Å². The topological polar surface area (TPSA) is 53.5 Å². The number of hydrogen-bond acceptors (Lipinski definition) is 4. The zero-order valence-corrected chi connectivity index (χ0v) is 14.8. The van der Waals surface area contributed by atoms with Crippen molar-refractivity contribution in [3.05, 3.63) is 54.2 Å². The van der Waals surface area contributed by atoms with Crippen LogP contribution in [0.15, 0.2) is 53.6 Å². The maximum atomic E-state index is 12.8. The average Bonchev–Trinajstić information content (AvgIpc) is 2.61. The van der Waals surface area contributed by atoms with Crippen LogP contribution in [-0.2, 0) is 16.2 Å². The van der Waals surface area contributed by atoms with Gasteiger partial charge in [0.25, 0.3) is 0 Å². The van der Waals surface area contributed by atoms with Crippen LogP contribution in [0, 0.1) is 0 Å². The van der Waals surface area contributed by atoms with Crippen molar-refractivity contribution in [2.75, 3.05) is 24.5 Å². The first-order valence-corrected chi connectivity index (χ1v) is 9.48. The number of hydrogen-bond donors (Lipinski definition) is 0. The van der Waals surface area contributed by atoms with Gasteiger partial charge in [-0.3, -0.25) is 0 Å². The minimum absolute atomic E-state index is 0.230. The van der Waals surface area contributed by atoms with Crippen molar-refractivity contribution in [1.29, 1.82) is 0 Å². The van der Waals surface area contributed by atoms with Gasteiger partial charge in [-0.2, -0.15) is 17.5 Å². The number of nitrogens with zero attached hydrogens (tertiary/aromatic N) is 3. The van der Waals surface area contributed by atoms with Gasteiger partial charge in [0.2, 0.25) is 10.0 Å². The lowest BCUT2D eigenvalue weighted by atomic mass is 10.2. The van der Waals surface area contributed by atoms with Gasteiger partial charge in [0.05, 0.1) is 10.5 Å². The molecule has 1 fully saturated rings. The molecule has 0 saturated carbocycles. The molecule has 5 nitrogen and oxygen atoms in total. The molecule has 9 heteroatoms. The van der Waals surface area contributed by atoms with Crippen LogP contribution >= 0.6 is 0 Å². The van der Waals surface area contributed by atoms with E-state index in [1.54, 1.807) is 42.2 Å². The first-order chi connectivity index (χ1) is 12.2. The molecule has 0 spiro atoms. The summed E-state index contributed by atoms with van der Waals surface area (Å²) in [5.41, 5.74) is -0.806. The summed E-state index contributed by atoms with van der Waals surface area (Å²) in [7, 11) is -3.61. The first-order valence-electron chi connectivity index (χ1n) is 8.04. The lowest BCUT2D eigenvalue weighted by Crippen LogP contribution is -2.54. The van der Waals surface area contributed by atoms with Crippen molar-refractivity contribution < 1.29 is 21.6 Å². The second-order valence-electron chi connectivity index (χ2n) is 6.13. The molecule has 0 radical (unpaired) electrons. The number of rotatable bonds is 3. The predicted molar refractivity (Wildman–Crippen MR) is 91.2 cm³/mol. The molecule has 0 aliphatic carbocycles. The molecule has 3 rings (SSSR count). The SMILES string of the molecule is CC1CN(c2ccc(C(F)(F)F)cn2)CCN1S(=O)(=O)c1ccccc1. The summed E-state index contributed by atoms with van der Waals surface area (Å²) in [6, 6.07) is 10.1. The highest BCUT2D eigenvalue weighted by molar-refractivity contribution is 7.89. The van der Waals surface area contributed by atoms with E-state index in [1.165, 1.54) is 10.4 Å². The van der Waals surface area contributed by atoms with Crippen molar-refractivity contribution in [3.63, 3.8) is 0 Å². The van der Waals surface area contributed by atoms with Crippen LogP contribution < -0.4 is 4.90 Å². The van der Waals surface area contributed by atoms with Gasteiger partial charge in [-0.05, 0) is 31.2 Å². The molecule has 1 unspecified atom stereocenters. The fraction of sp³-hybridized carbons (Fsp3) is 0.353. The monoisotopic (exact) mass is 385 g/mol. The van der Waals surface area contributed by atoms with Gasteiger partial charge in [-0.15, -0.1) is 0 Å². The van der Waals surface area contributed by atoms with Crippen LogP contribution in [0.5, 0.6) is 0 Å². The number of pyridine rings is 1. The van der Waals surface area contributed by atoms with Gasteiger partial charge >= 0.3 is 6.18 Å². The van der Waals surface area contributed by atoms with E-state index in [4.69, 9.17) is 0 Å². The van der Waals surface area contributed by atoms with Gasteiger partial charge in [-0.1, -0.05) is 18.2 Å². The second kappa shape index (κ2) is 6.88. The average molecular weight is 385 g/mol. The molecule has 0 bridgehead atoms.